The fourth-order valence-corrected chi connectivity index (χ4v) is 3.85. The van der Waals surface area contributed by atoms with E-state index in [-0.39, 0.29) is 11.9 Å². The Balaban J connectivity index is 1.54. The first-order chi connectivity index (χ1) is 14.9. The molecule has 0 fully saturated rings. The highest BCUT2D eigenvalue weighted by Crippen LogP contribution is 2.35. The summed E-state index contributed by atoms with van der Waals surface area (Å²) in [6, 6.07) is 18.7. The quantitative estimate of drug-likeness (QED) is 0.338. The molecule has 0 saturated heterocycles. The monoisotopic (exact) mass is 424 g/mol. The number of hydrogen-bond donors (Lipinski definition) is 0. The molecule has 0 radical (unpaired) electrons. The summed E-state index contributed by atoms with van der Waals surface area (Å²) in [6.07, 6.45) is -2.50. The lowest BCUT2D eigenvalue weighted by atomic mass is 10.00. The van der Waals surface area contributed by atoms with Crippen LogP contribution in [0.25, 0.3) is 16.6 Å². The van der Waals surface area contributed by atoms with Crippen molar-refractivity contribution in [2.24, 2.45) is 5.16 Å². The minimum atomic E-state index is -4.42. The molecule has 3 aromatic carbocycles. The van der Waals surface area contributed by atoms with Crippen molar-refractivity contribution in [1.29, 1.82) is 0 Å². The highest BCUT2D eigenvalue weighted by atomic mass is 19.4. The molecular weight excluding hydrogens is 408 g/mol. The number of oxime groups is 1. The Morgan fingerprint density at radius 3 is 2.48 bits per heavy atom. The van der Waals surface area contributed by atoms with Crippen molar-refractivity contribution in [3.63, 3.8) is 0 Å². The fourth-order valence-electron chi connectivity index (χ4n) is 3.85. The molecule has 1 unspecified atom stereocenters. The predicted octanol–water partition coefficient (Wildman–Crippen LogP) is 6.65. The van der Waals surface area contributed by atoms with Gasteiger partial charge in [0.25, 0.3) is 0 Å². The van der Waals surface area contributed by atoms with Gasteiger partial charge in [0.1, 0.15) is 5.82 Å². The van der Waals surface area contributed by atoms with Crippen LogP contribution >= 0.6 is 0 Å². The highest BCUT2D eigenvalue weighted by molar-refractivity contribution is 6.11. The molecule has 1 aromatic heterocycles. The summed E-state index contributed by atoms with van der Waals surface area (Å²) in [5, 5.41) is 5.09. The van der Waals surface area contributed by atoms with Gasteiger partial charge in [0.15, 0.2) is 6.10 Å². The van der Waals surface area contributed by atoms with Crippen LogP contribution in [0.5, 0.6) is 0 Å². The van der Waals surface area contributed by atoms with E-state index < -0.39 is 11.7 Å². The lowest BCUT2D eigenvalue weighted by Crippen LogP contribution is -2.06. The molecule has 0 amide bonds. The Morgan fingerprint density at radius 1 is 0.935 bits per heavy atom. The number of rotatable bonds is 3. The van der Waals surface area contributed by atoms with Crippen LogP contribution in [0.4, 0.5) is 17.6 Å². The van der Waals surface area contributed by atoms with Gasteiger partial charge in [0.05, 0.1) is 16.8 Å². The van der Waals surface area contributed by atoms with Gasteiger partial charge in [0, 0.05) is 29.3 Å². The van der Waals surface area contributed by atoms with Crippen molar-refractivity contribution in [3.8, 4) is 5.69 Å². The van der Waals surface area contributed by atoms with E-state index in [1.54, 1.807) is 29.0 Å². The van der Waals surface area contributed by atoms with Gasteiger partial charge in [-0.2, -0.15) is 13.2 Å². The maximum absolute atomic E-state index is 13.2. The number of para-hydroxylation sites is 1. The number of nitrogens with zero attached hydrogens (tertiary/aromatic N) is 2. The zero-order valence-electron chi connectivity index (χ0n) is 16.1. The van der Waals surface area contributed by atoms with E-state index in [9.17, 15) is 17.6 Å². The number of alkyl halides is 3. The second-order valence-electron chi connectivity index (χ2n) is 7.37. The van der Waals surface area contributed by atoms with Crippen LogP contribution in [0.15, 0.2) is 84.1 Å². The SMILES string of the molecule is Fc1ccc(C2CC(c3cn(-c4cccc(C(F)(F)F)c4)c4ccccc34)=NO2)cc1. The van der Waals surface area contributed by atoms with E-state index in [1.165, 1.54) is 18.2 Å². The van der Waals surface area contributed by atoms with Gasteiger partial charge >= 0.3 is 6.18 Å². The zero-order valence-corrected chi connectivity index (χ0v) is 16.1. The molecule has 0 saturated carbocycles. The largest absolute Gasteiger partial charge is 0.416 e. The molecule has 1 aliphatic heterocycles. The molecule has 0 aliphatic carbocycles. The lowest BCUT2D eigenvalue weighted by Gasteiger charge is -2.10. The van der Waals surface area contributed by atoms with Gasteiger partial charge in [0.2, 0.25) is 0 Å². The summed E-state index contributed by atoms with van der Waals surface area (Å²) in [5.74, 6) is -0.327. The molecule has 4 aromatic rings. The Hall–Kier alpha value is -3.61. The lowest BCUT2D eigenvalue weighted by molar-refractivity contribution is -0.137. The average molecular weight is 424 g/mol. The minimum absolute atomic E-state index is 0.327. The number of aromatic nitrogens is 1. The summed E-state index contributed by atoms with van der Waals surface area (Å²) in [5.41, 5.74) is 2.76. The highest BCUT2D eigenvalue weighted by Gasteiger charge is 2.31. The first-order valence-electron chi connectivity index (χ1n) is 9.66. The first-order valence-corrected chi connectivity index (χ1v) is 9.66. The van der Waals surface area contributed by atoms with E-state index >= 15 is 0 Å². The number of fused-ring (bicyclic) bond motifs is 1. The third-order valence-corrected chi connectivity index (χ3v) is 5.39. The summed E-state index contributed by atoms with van der Waals surface area (Å²) < 4.78 is 54.6. The molecule has 1 aliphatic rings. The molecule has 2 heterocycles. The van der Waals surface area contributed by atoms with E-state index in [1.807, 2.05) is 24.3 Å². The number of halogens is 4. The van der Waals surface area contributed by atoms with Crippen molar-refractivity contribution in [1.82, 2.24) is 4.57 Å². The molecule has 31 heavy (non-hydrogen) atoms. The van der Waals surface area contributed by atoms with Crippen molar-refractivity contribution in [2.75, 3.05) is 0 Å². The summed E-state index contributed by atoms with van der Waals surface area (Å²) in [6.45, 7) is 0. The van der Waals surface area contributed by atoms with Crippen molar-refractivity contribution >= 4 is 16.6 Å². The number of hydrogen-bond acceptors (Lipinski definition) is 2. The molecule has 3 nitrogen and oxygen atoms in total. The molecule has 156 valence electrons. The Labute approximate surface area is 175 Å². The molecule has 5 rings (SSSR count). The molecule has 7 heteroatoms. The third kappa shape index (κ3) is 3.56. The Morgan fingerprint density at radius 2 is 1.71 bits per heavy atom. The zero-order chi connectivity index (χ0) is 21.6. The van der Waals surface area contributed by atoms with E-state index in [4.69, 9.17) is 4.84 Å². The van der Waals surface area contributed by atoms with E-state index in [0.29, 0.717) is 17.8 Å². The number of benzene rings is 3. The molecule has 0 N–H and O–H groups in total. The van der Waals surface area contributed by atoms with Gasteiger partial charge in [-0.25, -0.2) is 4.39 Å². The Kier molecular flexibility index (Phi) is 4.54. The maximum Gasteiger partial charge on any atom is 0.416 e. The average Bonchev–Trinajstić information content (AvgIpc) is 3.39. The summed E-state index contributed by atoms with van der Waals surface area (Å²) in [7, 11) is 0. The second kappa shape index (κ2) is 7.27. The van der Waals surface area contributed by atoms with Crippen LogP contribution in [0.1, 0.15) is 29.2 Å². The van der Waals surface area contributed by atoms with Gasteiger partial charge in [-0.3, -0.25) is 0 Å². The van der Waals surface area contributed by atoms with Crippen LogP contribution in [0.2, 0.25) is 0 Å². The van der Waals surface area contributed by atoms with Crippen LogP contribution < -0.4 is 0 Å². The van der Waals surface area contributed by atoms with Crippen LogP contribution in [-0.4, -0.2) is 10.3 Å². The smallest absolute Gasteiger partial charge is 0.387 e. The molecular formula is C24H16F4N2O. The predicted molar refractivity (Wildman–Crippen MR) is 110 cm³/mol. The minimum Gasteiger partial charge on any atom is -0.387 e. The van der Waals surface area contributed by atoms with Crippen molar-refractivity contribution in [2.45, 2.75) is 18.7 Å². The van der Waals surface area contributed by atoms with Crippen LogP contribution in [-0.2, 0) is 11.0 Å². The van der Waals surface area contributed by atoms with Crippen LogP contribution in [0, 0.1) is 5.82 Å². The third-order valence-electron chi connectivity index (χ3n) is 5.39. The summed E-state index contributed by atoms with van der Waals surface area (Å²) in [4.78, 5) is 5.58. The first kappa shape index (κ1) is 19.4. The van der Waals surface area contributed by atoms with E-state index in [0.717, 1.165) is 34.2 Å². The molecule has 0 spiro atoms. The normalized spacial score (nSPS) is 16.4. The topological polar surface area (TPSA) is 26.5 Å². The van der Waals surface area contributed by atoms with Crippen molar-refractivity contribution in [3.05, 3.63) is 102 Å². The van der Waals surface area contributed by atoms with Gasteiger partial charge in [-0.05, 0) is 42.0 Å². The second-order valence-corrected chi connectivity index (χ2v) is 7.37. The van der Waals surface area contributed by atoms with Crippen LogP contribution in [0.3, 0.4) is 0 Å². The molecule has 0 bridgehead atoms. The van der Waals surface area contributed by atoms with Gasteiger partial charge < -0.3 is 9.40 Å². The fraction of sp³-hybridized carbons (Fsp3) is 0.125. The molecule has 1 atom stereocenters. The van der Waals surface area contributed by atoms with E-state index in [2.05, 4.69) is 5.16 Å². The van der Waals surface area contributed by atoms with Gasteiger partial charge in [-0.1, -0.05) is 41.6 Å². The summed E-state index contributed by atoms with van der Waals surface area (Å²) >= 11 is 0. The standard InChI is InChI=1S/C24H16F4N2O/c25-17-10-8-15(9-11-17)23-13-21(29-31-23)20-14-30(22-7-2-1-6-19(20)22)18-5-3-4-16(12-18)24(26,27)28/h1-12,14,23H,13H2. The maximum atomic E-state index is 13.2. The van der Waals surface area contributed by atoms with Gasteiger partial charge in [-0.15, -0.1) is 0 Å². The Bertz CT molecular complexity index is 1290. The van der Waals surface area contributed by atoms with Crippen molar-refractivity contribution < 1.29 is 22.4 Å².